The van der Waals surface area contributed by atoms with Crippen molar-refractivity contribution in [2.45, 2.75) is 51.6 Å². The normalized spacial score (nSPS) is 12.0. The first-order valence-electron chi connectivity index (χ1n) is 14.1. The number of amides is 2. The van der Waals surface area contributed by atoms with Crippen LogP contribution in [0.3, 0.4) is 0 Å². The maximum atomic E-state index is 14.1. The summed E-state index contributed by atoms with van der Waals surface area (Å²) < 4.78 is 39.9. The van der Waals surface area contributed by atoms with Crippen molar-refractivity contribution < 1.29 is 27.5 Å². The minimum absolute atomic E-state index is 0.0173. The lowest BCUT2D eigenvalue weighted by molar-refractivity contribution is -0.140. The van der Waals surface area contributed by atoms with Gasteiger partial charge >= 0.3 is 0 Å². The number of nitrogens with one attached hydrogen (secondary N) is 1. The molecule has 226 valence electrons. The number of rotatable bonds is 15. The van der Waals surface area contributed by atoms with Crippen LogP contribution in [0.15, 0.2) is 83.8 Å². The standard InChI is InChI=1S/C32H41N3O6S/c1-6-30(32(37)33-21-24(3)4)34(22-25-12-11-15-28(20-25)40-5)31(36)23-35(26-13-9-8-10-14-26)42(38,39)29-18-16-27(17-19-29)41-7-2/h8-20,24,30H,6-7,21-23H2,1-5H3,(H,33,37)/t30-/m0/s1. The lowest BCUT2D eigenvalue weighted by atomic mass is 10.1. The molecule has 0 radical (unpaired) electrons. The van der Waals surface area contributed by atoms with Crippen molar-refractivity contribution in [3.8, 4) is 11.5 Å². The van der Waals surface area contributed by atoms with E-state index in [0.29, 0.717) is 36.8 Å². The zero-order valence-corrected chi connectivity index (χ0v) is 25.8. The number of methoxy groups -OCH3 is 1. The highest BCUT2D eigenvalue weighted by Crippen LogP contribution is 2.26. The molecular weight excluding hydrogens is 554 g/mol. The second kappa shape index (κ2) is 15.3. The first kappa shape index (κ1) is 32.5. The fourth-order valence-electron chi connectivity index (χ4n) is 4.43. The number of carbonyl (C=O) groups excluding carboxylic acids is 2. The summed E-state index contributed by atoms with van der Waals surface area (Å²) >= 11 is 0. The van der Waals surface area contributed by atoms with Gasteiger partial charge in [-0.1, -0.05) is 51.1 Å². The number of carbonyl (C=O) groups is 2. The molecular formula is C32H41N3O6S. The first-order chi connectivity index (χ1) is 20.1. The van der Waals surface area contributed by atoms with Gasteiger partial charge < -0.3 is 19.7 Å². The maximum Gasteiger partial charge on any atom is 0.264 e. The topological polar surface area (TPSA) is 105 Å². The Kier molecular flexibility index (Phi) is 11.8. The third-order valence-corrected chi connectivity index (χ3v) is 8.39. The van der Waals surface area contributed by atoms with Gasteiger partial charge in [-0.15, -0.1) is 0 Å². The minimum atomic E-state index is -4.16. The van der Waals surface area contributed by atoms with Crippen LogP contribution in [0.2, 0.25) is 0 Å². The van der Waals surface area contributed by atoms with E-state index in [0.717, 1.165) is 9.87 Å². The molecule has 1 N–H and O–H groups in total. The van der Waals surface area contributed by atoms with E-state index < -0.39 is 28.5 Å². The van der Waals surface area contributed by atoms with E-state index in [9.17, 15) is 18.0 Å². The highest BCUT2D eigenvalue weighted by atomic mass is 32.2. The lowest BCUT2D eigenvalue weighted by Crippen LogP contribution is -2.52. The number of para-hydroxylation sites is 1. The van der Waals surface area contributed by atoms with E-state index in [1.54, 1.807) is 61.7 Å². The molecule has 9 nitrogen and oxygen atoms in total. The molecule has 0 bridgehead atoms. The Morgan fingerprint density at radius 2 is 1.60 bits per heavy atom. The van der Waals surface area contributed by atoms with Crippen LogP contribution in [0.1, 0.15) is 39.7 Å². The Bertz CT molecular complexity index is 1410. The van der Waals surface area contributed by atoms with Gasteiger partial charge in [-0.05, 0) is 73.4 Å². The summed E-state index contributed by atoms with van der Waals surface area (Å²) in [5, 5.41) is 2.93. The van der Waals surface area contributed by atoms with E-state index >= 15 is 0 Å². The molecule has 2 amide bonds. The molecule has 1 atom stereocenters. The average molecular weight is 596 g/mol. The number of nitrogens with zero attached hydrogens (tertiary/aromatic N) is 2. The monoisotopic (exact) mass is 595 g/mol. The van der Waals surface area contributed by atoms with Crippen LogP contribution in [0.4, 0.5) is 5.69 Å². The summed E-state index contributed by atoms with van der Waals surface area (Å²) in [4.78, 5) is 28.9. The average Bonchev–Trinajstić information content (AvgIpc) is 2.99. The van der Waals surface area contributed by atoms with Gasteiger partial charge in [0.2, 0.25) is 11.8 Å². The molecule has 3 rings (SSSR count). The van der Waals surface area contributed by atoms with Crippen LogP contribution in [-0.4, -0.2) is 58.0 Å². The smallest absolute Gasteiger partial charge is 0.264 e. The third-order valence-electron chi connectivity index (χ3n) is 6.60. The molecule has 0 unspecified atom stereocenters. The van der Waals surface area contributed by atoms with Crippen LogP contribution in [0.5, 0.6) is 11.5 Å². The van der Waals surface area contributed by atoms with Gasteiger partial charge in [-0.25, -0.2) is 8.42 Å². The van der Waals surface area contributed by atoms with Crippen molar-refractivity contribution in [2.75, 3.05) is 31.1 Å². The molecule has 0 aromatic heterocycles. The van der Waals surface area contributed by atoms with Crippen molar-refractivity contribution in [1.29, 1.82) is 0 Å². The number of sulfonamides is 1. The molecule has 0 saturated heterocycles. The van der Waals surface area contributed by atoms with Crippen LogP contribution < -0.4 is 19.1 Å². The highest BCUT2D eigenvalue weighted by Gasteiger charge is 2.33. The second-order valence-electron chi connectivity index (χ2n) is 10.2. The molecule has 0 heterocycles. The van der Waals surface area contributed by atoms with Gasteiger partial charge in [0.1, 0.15) is 24.1 Å². The van der Waals surface area contributed by atoms with Gasteiger partial charge in [0, 0.05) is 13.1 Å². The van der Waals surface area contributed by atoms with Crippen LogP contribution in [0.25, 0.3) is 0 Å². The predicted molar refractivity (Wildman–Crippen MR) is 164 cm³/mol. The predicted octanol–water partition coefficient (Wildman–Crippen LogP) is 4.87. The number of benzene rings is 3. The molecule has 0 aliphatic heterocycles. The second-order valence-corrected chi connectivity index (χ2v) is 12.1. The maximum absolute atomic E-state index is 14.1. The van der Waals surface area contributed by atoms with Gasteiger partial charge in [0.05, 0.1) is 24.3 Å². The van der Waals surface area contributed by atoms with Crippen LogP contribution >= 0.6 is 0 Å². The molecule has 10 heteroatoms. The number of ether oxygens (including phenoxy) is 2. The molecule has 0 aliphatic rings. The summed E-state index contributed by atoms with van der Waals surface area (Å²) in [5.41, 5.74) is 1.08. The quantitative estimate of drug-likeness (QED) is 0.269. The number of hydrogen-bond donors (Lipinski definition) is 1. The zero-order chi connectivity index (χ0) is 30.7. The van der Waals surface area contributed by atoms with E-state index in [-0.39, 0.29) is 23.3 Å². The molecule has 0 saturated carbocycles. The minimum Gasteiger partial charge on any atom is -0.497 e. The summed E-state index contributed by atoms with van der Waals surface area (Å²) in [6.07, 6.45) is 0.344. The molecule has 3 aromatic carbocycles. The molecule has 42 heavy (non-hydrogen) atoms. The number of anilines is 1. The van der Waals surface area contributed by atoms with Crippen molar-refractivity contribution in [1.82, 2.24) is 10.2 Å². The summed E-state index contributed by atoms with van der Waals surface area (Å²) in [7, 11) is -2.61. The SMILES string of the molecule is CCOc1ccc(S(=O)(=O)N(CC(=O)N(Cc2cccc(OC)c2)[C@@H](CC)C(=O)NCC(C)C)c2ccccc2)cc1. The summed E-state index contributed by atoms with van der Waals surface area (Å²) in [6.45, 7) is 8.15. The first-order valence-corrected chi connectivity index (χ1v) is 15.5. The molecule has 0 aliphatic carbocycles. The Hall–Kier alpha value is -4.05. The lowest BCUT2D eigenvalue weighted by Gasteiger charge is -2.33. The summed E-state index contributed by atoms with van der Waals surface area (Å²) in [6, 6.07) is 21.0. The molecule has 3 aromatic rings. The molecule has 0 fully saturated rings. The third kappa shape index (κ3) is 8.48. The van der Waals surface area contributed by atoms with Crippen molar-refractivity contribution in [3.05, 3.63) is 84.4 Å². The van der Waals surface area contributed by atoms with E-state index in [4.69, 9.17) is 9.47 Å². The highest BCUT2D eigenvalue weighted by molar-refractivity contribution is 7.92. The van der Waals surface area contributed by atoms with E-state index in [2.05, 4.69) is 5.32 Å². The van der Waals surface area contributed by atoms with E-state index in [1.807, 2.05) is 39.8 Å². The Labute approximate surface area is 249 Å². The molecule has 0 spiro atoms. The Morgan fingerprint density at radius 3 is 2.19 bits per heavy atom. The fourth-order valence-corrected chi connectivity index (χ4v) is 5.85. The zero-order valence-electron chi connectivity index (χ0n) is 24.9. The van der Waals surface area contributed by atoms with Crippen molar-refractivity contribution in [2.24, 2.45) is 5.92 Å². The van der Waals surface area contributed by atoms with Crippen molar-refractivity contribution in [3.63, 3.8) is 0 Å². The van der Waals surface area contributed by atoms with E-state index in [1.165, 1.54) is 17.0 Å². The largest absolute Gasteiger partial charge is 0.497 e. The Balaban J connectivity index is 2.02. The van der Waals surface area contributed by atoms with Crippen LogP contribution in [-0.2, 0) is 26.2 Å². The number of hydrogen-bond acceptors (Lipinski definition) is 6. The van der Waals surface area contributed by atoms with Gasteiger partial charge in [-0.3, -0.25) is 13.9 Å². The fraction of sp³-hybridized carbons (Fsp3) is 0.375. The van der Waals surface area contributed by atoms with Gasteiger partial charge in [-0.2, -0.15) is 0 Å². The Morgan fingerprint density at radius 1 is 0.905 bits per heavy atom. The van der Waals surface area contributed by atoms with Crippen molar-refractivity contribution >= 4 is 27.5 Å². The van der Waals surface area contributed by atoms with Gasteiger partial charge in [0.25, 0.3) is 10.0 Å². The van der Waals surface area contributed by atoms with Crippen LogP contribution in [0, 0.1) is 5.92 Å². The summed E-state index contributed by atoms with van der Waals surface area (Å²) in [5.74, 6) is 0.579. The van der Waals surface area contributed by atoms with Gasteiger partial charge in [0.15, 0.2) is 0 Å².